The summed E-state index contributed by atoms with van der Waals surface area (Å²) in [5.41, 5.74) is 0. The lowest BCUT2D eigenvalue weighted by Gasteiger charge is -2.05. The molecular formula is C12H28N+. The molecule has 0 aliphatic heterocycles. The molecular weight excluding hydrogens is 158 g/mol. The van der Waals surface area contributed by atoms with E-state index in [2.05, 4.69) is 33.0 Å². The van der Waals surface area contributed by atoms with Crippen molar-refractivity contribution in [3.05, 3.63) is 0 Å². The van der Waals surface area contributed by atoms with Gasteiger partial charge in [-0.15, -0.1) is 0 Å². The van der Waals surface area contributed by atoms with Crippen molar-refractivity contribution in [2.24, 2.45) is 11.8 Å². The van der Waals surface area contributed by atoms with Gasteiger partial charge in [0.15, 0.2) is 0 Å². The van der Waals surface area contributed by atoms with Crippen molar-refractivity contribution in [2.45, 2.75) is 53.4 Å². The molecule has 0 amide bonds. The molecule has 1 nitrogen and oxygen atoms in total. The van der Waals surface area contributed by atoms with Gasteiger partial charge in [0, 0.05) is 0 Å². The van der Waals surface area contributed by atoms with Crippen LogP contribution in [0.4, 0.5) is 0 Å². The van der Waals surface area contributed by atoms with Crippen LogP contribution in [-0.4, -0.2) is 13.1 Å². The molecule has 0 fully saturated rings. The van der Waals surface area contributed by atoms with Crippen LogP contribution in [0.2, 0.25) is 0 Å². The number of hydrogen-bond donors (Lipinski definition) is 1. The Kier molecular flexibility index (Phi) is 8.53. The Morgan fingerprint density at radius 1 is 0.769 bits per heavy atom. The predicted molar refractivity (Wildman–Crippen MR) is 59.8 cm³/mol. The minimum absolute atomic E-state index is 0.879. The molecule has 0 unspecified atom stereocenters. The zero-order valence-corrected chi connectivity index (χ0v) is 9.97. The summed E-state index contributed by atoms with van der Waals surface area (Å²) in [5, 5.41) is 2.48. The summed E-state index contributed by atoms with van der Waals surface area (Å²) in [4.78, 5) is 0. The number of nitrogens with two attached hydrogens (primary N) is 1. The molecule has 0 rings (SSSR count). The molecule has 0 aromatic rings. The van der Waals surface area contributed by atoms with E-state index in [0.717, 1.165) is 11.8 Å². The molecule has 0 heterocycles. The molecule has 0 spiro atoms. The van der Waals surface area contributed by atoms with Gasteiger partial charge < -0.3 is 5.32 Å². The second-order valence-electron chi connectivity index (χ2n) is 4.94. The molecule has 2 N–H and O–H groups in total. The molecule has 0 saturated carbocycles. The second kappa shape index (κ2) is 8.55. The number of hydrogen-bond acceptors (Lipinski definition) is 0. The van der Waals surface area contributed by atoms with Gasteiger partial charge >= 0.3 is 0 Å². The van der Waals surface area contributed by atoms with E-state index in [1.807, 2.05) is 0 Å². The van der Waals surface area contributed by atoms with Crippen LogP contribution >= 0.6 is 0 Å². The average Bonchev–Trinajstić information content (AvgIpc) is 2.01. The first kappa shape index (κ1) is 13.0. The number of rotatable bonds is 8. The second-order valence-corrected chi connectivity index (χ2v) is 4.94. The van der Waals surface area contributed by atoms with Gasteiger partial charge in [0.1, 0.15) is 0 Å². The Balaban J connectivity index is 2.92. The van der Waals surface area contributed by atoms with Crippen molar-refractivity contribution in [3.63, 3.8) is 0 Å². The molecule has 0 aromatic heterocycles. The summed E-state index contributed by atoms with van der Waals surface area (Å²) >= 11 is 0. The lowest BCUT2D eigenvalue weighted by molar-refractivity contribution is -0.655. The van der Waals surface area contributed by atoms with Crippen LogP contribution in [-0.2, 0) is 0 Å². The maximum Gasteiger partial charge on any atom is 0.0755 e. The molecule has 1 heteroatoms. The van der Waals surface area contributed by atoms with Crippen LogP contribution in [0.5, 0.6) is 0 Å². The Bertz CT molecular complexity index is 85.3. The highest BCUT2D eigenvalue weighted by molar-refractivity contribution is 4.44. The van der Waals surface area contributed by atoms with Crippen molar-refractivity contribution in [1.29, 1.82) is 0 Å². The van der Waals surface area contributed by atoms with Crippen molar-refractivity contribution < 1.29 is 5.32 Å². The summed E-state index contributed by atoms with van der Waals surface area (Å²) in [6, 6.07) is 0. The fraction of sp³-hybridized carbons (Fsp3) is 1.00. The van der Waals surface area contributed by atoms with Crippen LogP contribution in [0.1, 0.15) is 53.4 Å². The lowest BCUT2D eigenvalue weighted by atomic mass is 10.1. The highest BCUT2D eigenvalue weighted by atomic mass is 14.8. The first-order chi connectivity index (χ1) is 6.13. The molecule has 0 bridgehead atoms. The van der Waals surface area contributed by atoms with Crippen LogP contribution in [0.3, 0.4) is 0 Å². The quantitative estimate of drug-likeness (QED) is 0.561. The summed E-state index contributed by atoms with van der Waals surface area (Å²) in [6.45, 7) is 11.9. The summed E-state index contributed by atoms with van der Waals surface area (Å²) < 4.78 is 0. The van der Waals surface area contributed by atoms with E-state index < -0.39 is 0 Å². The molecule has 0 atom stereocenters. The van der Waals surface area contributed by atoms with Gasteiger partial charge in [-0.05, 0) is 37.5 Å². The summed E-state index contributed by atoms with van der Waals surface area (Å²) in [6.07, 6.45) is 5.56. The zero-order chi connectivity index (χ0) is 10.1. The maximum atomic E-state index is 2.48. The molecule has 0 aliphatic rings. The molecule has 0 radical (unpaired) electrons. The standard InChI is InChI=1S/C12H27N/c1-11(2)7-5-9-13-10-6-8-12(3)4/h11-13H,5-10H2,1-4H3/p+1. The lowest BCUT2D eigenvalue weighted by Crippen LogP contribution is -2.84. The van der Waals surface area contributed by atoms with Crippen LogP contribution in [0.15, 0.2) is 0 Å². The van der Waals surface area contributed by atoms with E-state index in [0.29, 0.717) is 0 Å². The van der Waals surface area contributed by atoms with E-state index in [1.54, 1.807) is 0 Å². The molecule has 13 heavy (non-hydrogen) atoms. The fourth-order valence-electron chi connectivity index (χ4n) is 1.49. The molecule has 80 valence electrons. The first-order valence-corrected chi connectivity index (χ1v) is 5.94. The van der Waals surface area contributed by atoms with E-state index in [9.17, 15) is 0 Å². The van der Waals surface area contributed by atoms with Gasteiger partial charge in [0.05, 0.1) is 13.1 Å². The molecule has 0 aliphatic carbocycles. The van der Waals surface area contributed by atoms with E-state index in [1.165, 1.54) is 38.8 Å². The topological polar surface area (TPSA) is 16.6 Å². The Hall–Kier alpha value is -0.0400. The summed E-state index contributed by atoms with van der Waals surface area (Å²) in [5.74, 6) is 1.76. The van der Waals surface area contributed by atoms with Gasteiger partial charge in [0.2, 0.25) is 0 Å². The minimum Gasteiger partial charge on any atom is -0.346 e. The van der Waals surface area contributed by atoms with Crippen LogP contribution in [0.25, 0.3) is 0 Å². The maximum absolute atomic E-state index is 2.48. The third kappa shape index (κ3) is 12.0. The third-order valence-corrected chi connectivity index (χ3v) is 2.38. The Morgan fingerprint density at radius 3 is 1.46 bits per heavy atom. The Morgan fingerprint density at radius 2 is 1.15 bits per heavy atom. The van der Waals surface area contributed by atoms with Crippen LogP contribution < -0.4 is 5.32 Å². The van der Waals surface area contributed by atoms with E-state index in [-0.39, 0.29) is 0 Å². The monoisotopic (exact) mass is 186 g/mol. The third-order valence-electron chi connectivity index (χ3n) is 2.38. The smallest absolute Gasteiger partial charge is 0.0755 e. The minimum atomic E-state index is 0.879. The van der Waals surface area contributed by atoms with Gasteiger partial charge in [-0.3, -0.25) is 0 Å². The molecule has 0 aromatic carbocycles. The SMILES string of the molecule is CC(C)CCC[NH2+]CCCC(C)C. The number of quaternary nitrogens is 1. The van der Waals surface area contributed by atoms with Gasteiger partial charge in [-0.25, -0.2) is 0 Å². The van der Waals surface area contributed by atoms with E-state index >= 15 is 0 Å². The predicted octanol–water partition coefficient (Wildman–Crippen LogP) is 2.42. The van der Waals surface area contributed by atoms with Gasteiger partial charge in [0.25, 0.3) is 0 Å². The largest absolute Gasteiger partial charge is 0.346 e. The highest BCUT2D eigenvalue weighted by Crippen LogP contribution is 2.01. The zero-order valence-electron chi connectivity index (χ0n) is 9.97. The fourth-order valence-corrected chi connectivity index (χ4v) is 1.49. The van der Waals surface area contributed by atoms with Gasteiger partial charge in [-0.1, -0.05) is 27.7 Å². The highest BCUT2D eigenvalue weighted by Gasteiger charge is 1.97. The van der Waals surface area contributed by atoms with Gasteiger partial charge in [-0.2, -0.15) is 0 Å². The normalized spacial score (nSPS) is 11.5. The molecule has 0 saturated heterocycles. The average molecular weight is 186 g/mol. The van der Waals surface area contributed by atoms with E-state index in [4.69, 9.17) is 0 Å². The van der Waals surface area contributed by atoms with Crippen molar-refractivity contribution in [1.82, 2.24) is 0 Å². The van der Waals surface area contributed by atoms with Crippen LogP contribution in [0, 0.1) is 11.8 Å². The van der Waals surface area contributed by atoms with Crippen molar-refractivity contribution >= 4 is 0 Å². The Labute approximate surface area is 84.3 Å². The summed E-state index contributed by atoms with van der Waals surface area (Å²) in [7, 11) is 0. The first-order valence-electron chi connectivity index (χ1n) is 5.94. The van der Waals surface area contributed by atoms with Crippen molar-refractivity contribution in [3.8, 4) is 0 Å². The van der Waals surface area contributed by atoms with Crippen molar-refractivity contribution in [2.75, 3.05) is 13.1 Å².